The van der Waals surface area contributed by atoms with E-state index in [1.54, 1.807) is 6.92 Å². The van der Waals surface area contributed by atoms with Gasteiger partial charge in [-0.1, -0.05) is 0 Å². The van der Waals surface area contributed by atoms with Crippen molar-refractivity contribution >= 4 is 5.71 Å². The lowest BCUT2D eigenvalue weighted by atomic mass is 10.1. The number of nitriles is 1. The monoisotopic (exact) mass is 160 g/mol. The molecule has 0 saturated heterocycles. The summed E-state index contributed by atoms with van der Waals surface area (Å²) in [4.78, 5) is 0. The van der Waals surface area contributed by atoms with Crippen LogP contribution in [-0.2, 0) is 0 Å². The summed E-state index contributed by atoms with van der Waals surface area (Å²) >= 11 is 0. The molecular formula is C9H8N2O. The van der Waals surface area contributed by atoms with Crippen LogP contribution in [0.15, 0.2) is 18.2 Å². The molecule has 0 aliphatic heterocycles. The molecule has 3 nitrogen and oxygen atoms in total. The largest absolute Gasteiger partial charge is 0.507 e. The summed E-state index contributed by atoms with van der Waals surface area (Å²) in [5.41, 5.74) is 1.12. The van der Waals surface area contributed by atoms with Crippen LogP contribution < -0.4 is 0 Å². The lowest BCUT2D eigenvalue weighted by Crippen LogP contribution is -1.93. The topological polar surface area (TPSA) is 67.9 Å². The summed E-state index contributed by atoms with van der Waals surface area (Å²) < 4.78 is 0. The molecule has 0 bridgehead atoms. The summed E-state index contributed by atoms with van der Waals surface area (Å²) in [6.07, 6.45) is 0. The van der Waals surface area contributed by atoms with E-state index in [9.17, 15) is 5.11 Å². The van der Waals surface area contributed by atoms with E-state index in [4.69, 9.17) is 10.7 Å². The molecule has 0 atom stereocenters. The molecule has 60 valence electrons. The molecule has 0 aromatic heterocycles. The maximum Gasteiger partial charge on any atom is 0.124 e. The highest BCUT2D eigenvalue weighted by atomic mass is 16.3. The molecule has 0 spiro atoms. The third-order valence-electron chi connectivity index (χ3n) is 1.53. The average Bonchev–Trinajstić information content (AvgIpc) is 2.05. The van der Waals surface area contributed by atoms with Gasteiger partial charge in [-0.15, -0.1) is 0 Å². The summed E-state index contributed by atoms with van der Waals surface area (Å²) in [5.74, 6) is 0.0431. The number of benzene rings is 1. The van der Waals surface area contributed by atoms with E-state index in [0.717, 1.165) is 0 Å². The van der Waals surface area contributed by atoms with E-state index in [-0.39, 0.29) is 11.5 Å². The Bertz CT molecular complexity index is 363. The maximum atomic E-state index is 9.25. The Morgan fingerprint density at radius 2 is 2.25 bits per heavy atom. The zero-order valence-electron chi connectivity index (χ0n) is 6.63. The molecule has 0 heterocycles. The highest BCUT2D eigenvalue weighted by Crippen LogP contribution is 2.18. The number of phenolic OH excluding ortho intramolecular Hbond substituents is 1. The van der Waals surface area contributed by atoms with E-state index in [0.29, 0.717) is 11.1 Å². The minimum atomic E-state index is 0.0431. The van der Waals surface area contributed by atoms with Crippen LogP contribution in [0, 0.1) is 16.7 Å². The quantitative estimate of drug-likeness (QED) is 0.613. The number of hydrogen-bond acceptors (Lipinski definition) is 3. The fraction of sp³-hybridized carbons (Fsp3) is 0.111. The molecule has 1 aromatic rings. The highest BCUT2D eigenvalue weighted by molar-refractivity contribution is 5.98. The van der Waals surface area contributed by atoms with Crippen molar-refractivity contribution in [1.29, 1.82) is 10.7 Å². The van der Waals surface area contributed by atoms with Crippen molar-refractivity contribution in [2.24, 2.45) is 0 Å². The molecule has 2 N–H and O–H groups in total. The number of hydrogen-bond donors (Lipinski definition) is 2. The molecule has 1 rings (SSSR count). The standard InChI is InChI=1S/C9H8N2O/c1-6(11)8-4-7(5-10)2-3-9(8)12/h2-4,11-12H,1H3. The SMILES string of the molecule is CC(=N)c1cc(C#N)ccc1O. The number of nitrogens with zero attached hydrogens (tertiary/aromatic N) is 1. The van der Waals surface area contributed by atoms with Crippen molar-refractivity contribution in [2.45, 2.75) is 6.92 Å². The Kier molecular flexibility index (Phi) is 2.11. The average molecular weight is 160 g/mol. The van der Waals surface area contributed by atoms with E-state index in [2.05, 4.69) is 0 Å². The van der Waals surface area contributed by atoms with Gasteiger partial charge in [-0.2, -0.15) is 5.26 Å². The van der Waals surface area contributed by atoms with Crippen molar-refractivity contribution in [3.63, 3.8) is 0 Å². The molecule has 0 saturated carbocycles. The Morgan fingerprint density at radius 3 is 2.75 bits per heavy atom. The summed E-state index contributed by atoms with van der Waals surface area (Å²) in [7, 11) is 0. The van der Waals surface area contributed by atoms with Gasteiger partial charge in [-0.05, 0) is 25.1 Å². The van der Waals surface area contributed by atoms with Crippen molar-refractivity contribution in [3.8, 4) is 11.8 Å². The molecule has 0 aliphatic rings. The van der Waals surface area contributed by atoms with E-state index < -0.39 is 0 Å². The zero-order valence-corrected chi connectivity index (χ0v) is 6.63. The number of aromatic hydroxyl groups is 1. The number of rotatable bonds is 1. The molecule has 0 aliphatic carbocycles. The summed E-state index contributed by atoms with van der Waals surface area (Å²) in [6.45, 7) is 1.57. The van der Waals surface area contributed by atoms with Crippen molar-refractivity contribution in [1.82, 2.24) is 0 Å². The second-order valence-corrected chi connectivity index (χ2v) is 2.47. The van der Waals surface area contributed by atoms with Crippen LogP contribution in [0.3, 0.4) is 0 Å². The second kappa shape index (κ2) is 3.05. The van der Waals surface area contributed by atoms with Crippen molar-refractivity contribution < 1.29 is 5.11 Å². The first-order chi connectivity index (χ1) is 5.65. The third kappa shape index (κ3) is 1.43. The summed E-state index contributed by atoms with van der Waals surface area (Å²) in [5, 5.41) is 25.1. The van der Waals surface area contributed by atoms with Crippen molar-refractivity contribution in [3.05, 3.63) is 29.3 Å². The molecule has 1 aromatic carbocycles. The van der Waals surface area contributed by atoms with Gasteiger partial charge in [-0.25, -0.2) is 0 Å². The first-order valence-electron chi connectivity index (χ1n) is 3.44. The normalized spacial score (nSPS) is 9.00. The van der Waals surface area contributed by atoms with Crippen molar-refractivity contribution in [2.75, 3.05) is 0 Å². The zero-order chi connectivity index (χ0) is 9.14. The maximum absolute atomic E-state index is 9.25. The molecule has 0 radical (unpaired) electrons. The molecule has 0 amide bonds. The van der Waals surface area contributed by atoms with Gasteiger partial charge in [0.15, 0.2) is 0 Å². The predicted molar refractivity (Wildman–Crippen MR) is 45.3 cm³/mol. The highest BCUT2D eigenvalue weighted by Gasteiger charge is 2.03. The second-order valence-electron chi connectivity index (χ2n) is 2.47. The van der Waals surface area contributed by atoms with Gasteiger partial charge in [0.2, 0.25) is 0 Å². The van der Waals surface area contributed by atoms with Crippen LogP contribution in [0.5, 0.6) is 5.75 Å². The first kappa shape index (κ1) is 8.28. The number of phenols is 1. The molecule has 0 fully saturated rings. The van der Waals surface area contributed by atoms with E-state index in [1.165, 1.54) is 18.2 Å². The molecule has 12 heavy (non-hydrogen) atoms. The molecule has 3 heteroatoms. The van der Waals surface area contributed by atoms with Gasteiger partial charge in [-0.3, -0.25) is 0 Å². The van der Waals surface area contributed by atoms with Crippen LogP contribution in [0.1, 0.15) is 18.1 Å². The Labute approximate surface area is 70.4 Å². The van der Waals surface area contributed by atoms with Crippen LogP contribution in [0.4, 0.5) is 0 Å². The minimum Gasteiger partial charge on any atom is -0.507 e. The van der Waals surface area contributed by atoms with Gasteiger partial charge >= 0.3 is 0 Å². The molecule has 0 unspecified atom stereocenters. The van der Waals surface area contributed by atoms with Gasteiger partial charge < -0.3 is 10.5 Å². The lowest BCUT2D eigenvalue weighted by molar-refractivity contribution is 0.474. The first-order valence-corrected chi connectivity index (χ1v) is 3.44. The van der Waals surface area contributed by atoms with Gasteiger partial charge in [0.1, 0.15) is 5.75 Å². The Morgan fingerprint density at radius 1 is 1.58 bits per heavy atom. The van der Waals surface area contributed by atoms with Crippen LogP contribution in [-0.4, -0.2) is 10.8 Å². The summed E-state index contributed by atoms with van der Waals surface area (Å²) in [6, 6.07) is 6.38. The molecular weight excluding hydrogens is 152 g/mol. The lowest BCUT2D eigenvalue weighted by Gasteiger charge is -2.01. The fourth-order valence-electron chi connectivity index (χ4n) is 0.906. The fourth-order valence-corrected chi connectivity index (χ4v) is 0.906. The van der Waals surface area contributed by atoms with Gasteiger partial charge in [0, 0.05) is 11.3 Å². The predicted octanol–water partition coefficient (Wildman–Crippen LogP) is 1.65. The van der Waals surface area contributed by atoms with Crippen LogP contribution >= 0.6 is 0 Å². The smallest absolute Gasteiger partial charge is 0.124 e. The van der Waals surface area contributed by atoms with Gasteiger partial charge in [0.25, 0.3) is 0 Å². The third-order valence-corrected chi connectivity index (χ3v) is 1.53. The minimum absolute atomic E-state index is 0.0431. The Hall–Kier alpha value is -1.82. The van der Waals surface area contributed by atoms with Gasteiger partial charge in [0.05, 0.1) is 11.6 Å². The van der Waals surface area contributed by atoms with Crippen LogP contribution in [0.25, 0.3) is 0 Å². The number of nitrogens with one attached hydrogen (secondary N) is 1. The van der Waals surface area contributed by atoms with Crippen LogP contribution in [0.2, 0.25) is 0 Å². The van der Waals surface area contributed by atoms with E-state index >= 15 is 0 Å². The van der Waals surface area contributed by atoms with E-state index in [1.807, 2.05) is 6.07 Å². The Balaban J connectivity index is 3.28.